The van der Waals surface area contributed by atoms with Crippen molar-refractivity contribution in [2.24, 2.45) is 0 Å². The molecule has 0 saturated heterocycles. The van der Waals surface area contributed by atoms with Crippen molar-refractivity contribution < 1.29 is 9.53 Å². The maximum atomic E-state index is 11.2. The monoisotopic (exact) mass is 287 g/mol. The van der Waals surface area contributed by atoms with Crippen LogP contribution < -0.4 is 0 Å². The van der Waals surface area contributed by atoms with Crippen LogP contribution in [0.1, 0.15) is 19.0 Å². The summed E-state index contributed by atoms with van der Waals surface area (Å²) >= 11 is 0. The number of para-hydroxylation sites is 1. The first-order chi connectivity index (χ1) is 10.2. The Morgan fingerprint density at radius 3 is 2.71 bits per heavy atom. The van der Waals surface area contributed by atoms with E-state index in [4.69, 9.17) is 0 Å². The normalized spacial score (nSPS) is 10.8. The van der Waals surface area contributed by atoms with E-state index in [1.807, 2.05) is 47.3 Å². The summed E-state index contributed by atoms with van der Waals surface area (Å²) in [4.78, 5) is 13.4. The van der Waals surface area contributed by atoms with Crippen LogP contribution in [0.15, 0.2) is 42.6 Å². The molecule has 0 aliphatic heterocycles. The molecule has 0 aliphatic carbocycles. The van der Waals surface area contributed by atoms with E-state index in [0.717, 1.165) is 24.5 Å². The highest BCUT2D eigenvalue weighted by Gasteiger charge is 2.09. The molecule has 0 N–H and O–H groups in total. The largest absolute Gasteiger partial charge is 0.469 e. The summed E-state index contributed by atoms with van der Waals surface area (Å²) in [6, 6.07) is 12.0. The van der Waals surface area contributed by atoms with Crippen molar-refractivity contribution in [1.29, 1.82) is 0 Å². The molecule has 0 aliphatic rings. The van der Waals surface area contributed by atoms with Gasteiger partial charge in [-0.05, 0) is 24.7 Å². The molecule has 5 nitrogen and oxygen atoms in total. The van der Waals surface area contributed by atoms with Gasteiger partial charge in [-0.15, -0.1) is 0 Å². The van der Waals surface area contributed by atoms with Gasteiger partial charge in [0.25, 0.3) is 0 Å². The highest BCUT2D eigenvalue weighted by atomic mass is 16.5. The second-order valence-electron chi connectivity index (χ2n) is 4.78. The molecule has 0 radical (unpaired) electrons. The van der Waals surface area contributed by atoms with Crippen LogP contribution in [0.4, 0.5) is 0 Å². The lowest BCUT2D eigenvalue weighted by atomic mass is 10.3. The lowest BCUT2D eigenvalue weighted by molar-refractivity contribution is -0.141. The Morgan fingerprint density at radius 2 is 2.05 bits per heavy atom. The summed E-state index contributed by atoms with van der Waals surface area (Å²) in [5.74, 6) is -0.178. The van der Waals surface area contributed by atoms with Crippen molar-refractivity contribution in [3.05, 3.63) is 48.3 Å². The van der Waals surface area contributed by atoms with Crippen molar-refractivity contribution >= 4 is 5.97 Å². The Labute approximate surface area is 125 Å². The van der Waals surface area contributed by atoms with E-state index >= 15 is 0 Å². The van der Waals surface area contributed by atoms with Crippen LogP contribution in [0.25, 0.3) is 5.69 Å². The Kier molecular flexibility index (Phi) is 5.51. The number of methoxy groups -OCH3 is 1. The minimum Gasteiger partial charge on any atom is -0.469 e. The molecule has 2 aromatic rings. The molecule has 0 atom stereocenters. The van der Waals surface area contributed by atoms with Crippen LogP contribution in [-0.4, -0.2) is 40.8 Å². The van der Waals surface area contributed by atoms with Crippen LogP contribution in [0.2, 0.25) is 0 Å². The number of esters is 1. The van der Waals surface area contributed by atoms with E-state index in [-0.39, 0.29) is 5.97 Å². The molecular weight excluding hydrogens is 266 g/mol. The summed E-state index contributed by atoms with van der Waals surface area (Å²) in [6.07, 6.45) is 2.36. The third kappa shape index (κ3) is 4.43. The fraction of sp³-hybridized carbons (Fsp3) is 0.375. The molecule has 0 bridgehead atoms. The minimum atomic E-state index is -0.178. The summed E-state index contributed by atoms with van der Waals surface area (Å²) < 4.78 is 6.54. The van der Waals surface area contributed by atoms with Crippen molar-refractivity contribution in [1.82, 2.24) is 14.7 Å². The Bertz CT molecular complexity index is 566. The molecule has 112 valence electrons. The smallest absolute Gasteiger partial charge is 0.306 e. The molecule has 1 aromatic heterocycles. The lowest BCUT2D eigenvalue weighted by Crippen LogP contribution is -2.26. The molecule has 0 fully saturated rings. The second kappa shape index (κ2) is 7.59. The number of benzene rings is 1. The van der Waals surface area contributed by atoms with Crippen LogP contribution in [0.5, 0.6) is 0 Å². The summed E-state index contributed by atoms with van der Waals surface area (Å²) in [5, 5.41) is 4.57. The summed E-state index contributed by atoms with van der Waals surface area (Å²) in [6.45, 7) is 4.36. The molecular formula is C16H21N3O2. The van der Waals surface area contributed by atoms with Gasteiger partial charge in [-0.25, -0.2) is 4.68 Å². The van der Waals surface area contributed by atoms with Gasteiger partial charge in [-0.1, -0.05) is 25.1 Å². The van der Waals surface area contributed by atoms with Crippen LogP contribution in [0, 0.1) is 0 Å². The van der Waals surface area contributed by atoms with Crippen LogP contribution in [-0.2, 0) is 16.1 Å². The van der Waals surface area contributed by atoms with Gasteiger partial charge in [-0.3, -0.25) is 9.69 Å². The summed E-state index contributed by atoms with van der Waals surface area (Å²) in [5.41, 5.74) is 2.03. The molecule has 5 heteroatoms. The Hall–Kier alpha value is -2.14. The van der Waals surface area contributed by atoms with Gasteiger partial charge in [0.1, 0.15) is 0 Å². The highest BCUT2D eigenvalue weighted by molar-refractivity contribution is 5.69. The highest BCUT2D eigenvalue weighted by Crippen LogP contribution is 2.09. The first-order valence-electron chi connectivity index (χ1n) is 7.12. The van der Waals surface area contributed by atoms with E-state index in [2.05, 4.69) is 21.7 Å². The third-order valence-corrected chi connectivity index (χ3v) is 3.36. The van der Waals surface area contributed by atoms with Gasteiger partial charge in [0.05, 0.1) is 24.9 Å². The lowest BCUT2D eigenvalue weighted by Gasteiger charge is -2.18. The first-order valence-corrected chi connectivity index (χ1v) is 7.12. The number of carbonyl (C=O) groups excluding carboxylic acids is 1. The SMILES string of the molecule is CCN(CCC(=O)OC)Cc1ccn(-c2ccccc2)n1. The van der Waals surface area contributed by atoms with Gasteiger partial charge < -0.3 is 4.74 Å². The zero-order valence-corrected chi connectivity index (χ0v) is 12.5. The number of ether oxygens (including phenoxy) is 1. The van der Waals surface area contributed by atoms with Crippen molar-refractivity contribution in [3.63, 3.8) is 0 Å². The van der Waals surface area contributed by atoms with Gasteiger partial charge in [0.15, 0.2) is 0 Å². The fourth-order valence-corrected chi connectivity index (χ4v) is 2.10. The molecule has 0 spiro atoms. The van der Waals surface area contributed by atoms with Crippen molar-refractivity contribution in [3.8, 4) is 5.69 Å². The average molecular weight is 287 g/mol. The molecule has 0 amide bonds. The number of rotatable bonds is 7. The predicted molar refractivity (Wildman–Crippen MR) is 81.1 cm³/mol. The van der Waals surface area contributed by atoms with Gasteiger partial charge in [0.2, 0.25) is 0 Å². The number of aromatic nitrogens is 2. The number of carbonyl (C=O) groups is 1. The topological polar surface area (TPSA) is 47.4 Å². The van der Waals surface area contributed by atoms with E-state index in [9.17, 15) is 4.79 Å². The van der Waals surface area contributed by atoms with Crippen LogP contribution in [0.3, 0.4) is 0 Å². The standard InChI is InChI=1S/C16H21N3O2/c1-3-18(11-10-16(20)21-2)13-14-9-12-19(17-14)15-7-5-4-6-8-15/h4-9,12H,3,10-11,13H2,1-2H3. The fourth-order valence-electron chi connectivity index (χ4n) is 2.10. The second-order valence-corrected chi connectivity index (χ2v) is 4.78. The van der Waals surface area contributed by atoms with Gasteiger partial charge in [-0.2, -0.15) is 5.10 Å². The number of hydrogen-bond acceptors (Lipinski definition) is 4. The zero-order chi connectivity index (χ0) is 15.1. The van der Waals surface area contributed by atoms with E-state index in [1.54, 1.807) is 0 Å². The maximum absolute atomic E-state index is 11.2. The molecule has 1 aromatic carbocycles. The van der Waals surface area contributed by atoms with E-state index in [0.29, 0.717) is 13.0 Å². The van der Waals surface area contributed by atoms with E-state index < -0.39 is 0 Å². The van der Waals surface area contributed by atoms with Crippen LogP contribution >= 0.6 is 0 Å². The number of nitrogens with zero attached hydrogens (tertiary/aromatic N) is 3. The summed E-state index contributed by atoms with van der Waals surface area (Å²) in [7, 11) is 1.42. The number of hydrogen-bond donors (Lipinski definition) is 0. The maximum Gasteiger partial charge on any atom is 0.306 e. The van der Waals surface area contributed by atoms with Gasteiger partial charge >= 0.3 is 5.97 Å². The Morgan fingerprint density at radius 1 is 1.29 bits per heavy atom. The minimum absolute atomic E-state index is 0.178. The van der Waals surface area contributed by atoms with Crippen molar-refractivity contribution in [2.45, 2.75) is 19.9 Å². The first kappa shape index (κ1) is 15.3. The average Bonchev–Trinajstić information content (AvgIpc) is 3.00. The Balaban J connectivity index is 1.96. The molecule has 1 heterocycles. The van der Waals surface area contributed by atoms with Gasteiger partial charge in [0, 0.05) is 19.3 Å². The van der Waals surface area contributed by atoms with E-state index in [1.165, 1.54) is 7.11 Å². The quantitative estimate of drug-likeness (QED) is 0.733. The van der Waals surface area contributed by atoms with Crippen molar-refractivity contribution in [2.75, 3.05) is 20.2 Å². The third-order valence-electron chi connectivity index (χ3n) is 3.36. The molecule has 0 saturated carbocycles. The molecule has 2 rings (SSSR count). The predicted octanol–water partition coefficient (Wildman–Crippen LogP) is 2.26. The molecule has 21 heavy (non-hydrogen) atoms. The molecule has 0 unspecified atom stereocenters. The zero-order valence-electron chi connectivity index (χ0n) is 12.5.